The topological polar surface area (TPSA) is 66.8 Å². The van der Waals surface area contributed by atoms with Gasteiger partial charge in [-0.1, -0.05) is 19.8 Å². The summed E-state index contributed by atoms with van der Waals surface area (Å²) in [6, 6.07) is 0. The summed E-state index contributed by atoms with van der Waals surface area (Å²) in [6.45, 7) is 3.81. The highest BCUT2D eigenvalue weighted by Crippen LogP contribution is 2.30. The van der Waals surface area contributed by atoms with Gasteiger partial charge in [0.1, 0.15) is 0 Å². The smallest absolute Gasteiger partial charge is 0.305 e. The molecule has 2 fully saturated rings. The summed E-state index contributed by atoms with van der Waals surface area (Å²) in [5, 5.41) is 8.89. The Kier molecular flexibility index (Phi) is 6.03. The van der Waals surface area contributed by atoms with Crippen LogP contribution in [0, 0.1) is 11.8 Å². The van der Waals surface area contributed by atoms with E-state index in [2.05, 4.69) is 6.92 Å². The maximum absolute atomic E-state index is 12.7. The van der Waals surface area contributed by atoms with Crippen molar-refractivity contribution >= 4 is 11.9 Å². The fourth-order valence-corrected chi connectivity index (χ4v) is 3.47. The second kappa shape index (κ2) is 7.78. The lowest BCUT2D eigenvalue weighted by molar-refractivity contribution is -0.141. The molecule has 0 radical (unpaired) electrons. The molecule has 0 unspecified atom stereocenters. The quantitative estimate of drug-likeness (QED) is 0.817. The number of carboxylic acid groups (broad SMARTS) is 1. The number of aliphatic carboxylic acids is 1. The van der Waals surface area contributed by atoms with Crippen LogP contribution in [0.5, 0.6) is 0 Å². The molecule has 0 aromatic carbocycles. The first-order valence-electron chi connectivity index (χ1n) is 8.18. The Morgan fingerprint density at radius 2 is 2.05 bits per heavy atom. The van der Waals surface area contributed by atoms with Gasteiger partial charge in [-0.3, -0.25) is 9.59 Å². The Morgan fingerprint density at radius 1 is 1.24 bits per heavy atom. The monoisotopic (exact) mass is 297 g/mol. The number of hydrogen-bond acceptors (Lipinski definition) is 3. The normalized spacial score (nSPS) is 29.3. The molecular weight excluding hydrogens is 270 g/mol. The van der Waals surface area contributed by atoms with Crippen molar-refractivity contribution in [1.82, 2.24) is 4.90 Å². The van der Waals surface area contributed by atoms with Crippen molar-refractivity contribution in [3.8, 4) is 0 Å². The number of amides is 1. The molecule has 1 heterocycles. The van der Waals surface area contributed by atoms with Gasteiger partial charge >= 0.3 is 5.97 Å². The molecule has 0 aromatic heterocycles. The molecule has 120 valence electrons. The minimum Gasteiger partial charge on any atom is -0.481 e. The Bertz CT molecular complexity index is 365. The fourth-order valence-electron chi connectivity index (χ4n) is 3.47. The van der Waals surface area contributed by atoms with Gasteiger partial charge < -0.3 is 14.7 Å². The lowest BCUT2D eigenvalue weighted by Gasteiger charge is -2.32. The Morgan fingerprint density at radius 3 is 2.67 bits per heavy atom. The molecule has 0 bridgehead atoms. The van der Waals surface area contributed by atoms with Crippen LogP contribution in [0.1, 0.15) is 51.9 Å². The largest absolute Gasteiger partial charge is 0.481 e. The zero-order valence-electron chi connectivity index (χ0n) is 12.9. The average molecular weight is 297 g/mol. The van der Waals surface area contributed by atoms with Gasteiger partial charge in [0.15, 0.2) is 0 Å². The second-order valence-corrected chi connectivity index (χ2v) is 6.53. The van der Waals surface area contributed by atoms with E-state index in [0.717, 1.165) is 38.7 Å². The molecule has 5 nitrogen and oxygen atoms in total. The first-order valence-corrected chi connectivity index (χ1v) is 8.18. The zero-order chi connectivity index (χ0) is 15.2. The van der Waals surface area contributed by atoms with E-state index >= 15 is 0 Å². The number of rotatable bonds is 6. The predicted molar refractivity (Wildman–Crippen MR) is 78.9 cm³/mol. The van der Waals surface area contributed by atoms with Crippen LogP contribution in [-0.2, 0) is 14.3 Å². The van der Waals surface area contributed by atoms with Crippen LogP contribution in [0.25, 0.3) is 0 Å². The molecule has 0 aromatic rings. The lowest BCUT2D eigenvalue weighted by Crippen LogP contribution is -2.43. The van der Waals surface area contributed by atoms with Gasteiger partial charge in [0.05, 0.1) is 12.5 Å². The summed E-state index contributed by atoms with van der Waals surface area (Å²) in [5.41, 5.74) is 0. The zero-order valence-corrected chi connectivity index (χ0v) is 12.9. The molecular formula is C16H27NO4. The predicted octanol–water partition coefficient (Wildman–Crippen LogP) is 2.29. The number of hydrogen-bond donors (Lipinski definition) is 1. The summed E-state index contributed by atoms with van der Waals surface area (Å²) < 4.78 is 5.61. The summed E-state index contributed by atoms with van der Waals surface area (Å²) in [7, 11) is 0. The first-order chi connectivity index (χ1) is 10.1. The third-order valence-corrected chi connectivity index (χ3v) is 4.64. The first kappa shape index (κ1) is 16.3. The molecule has 1 saturated heterocycles. The minimum absolute atomic E-state index is 0.0146. The van der Waals surface area contributed by atoms with Crippen LogP contribution in [0.2, 0.25) is 0 Å². The van der Waals surface area contributed by atoms with E-state index in [1.807, 2.05) is 0 Å². The standard InChI is InChI=1S/C16H27NO4/c1-12-4-2-5-13(10-12)16(20)17(8-7-15(18)19)11-14-6-3-9-21-14/h12-14H,2-11H2,1H3,(H,18,19)/t12-,13-,14+/m1/s1. The van der Waals surface area contributed by atoms with Crippen molar-refractivity contribution in [3.05, 3.63) is 0 Å². The Labute approximate surface area is 126 Å². The molecule has 2 aliphatic rings. The van der Waals surface area contributed by atoms with Crippen molar-refractivity contribution in [3.63, 3.8) is 0 Å². The Hall–Kier alpha value is -1.10. The number of nitrogens with zero attached hydrogens (tertiary/aromatic N) is 1. The lowest BCUT2D eigenvalue weighted by atomic mass is 9.81. The average Bonchev–Trinajstić information content (AvgIpc) is 2.95. The number of ether oxygens (including phenoxy) is 1. The van der Waals surface area contributed by atoms with Crippen LogP contribution >= 0.6 is 0 Å². The van der Waals surface area contributed by atoms with Crippen molar-refractivity contribution in [2.24, 2.45) is 11.8 Å². The van der Waals surface area contributed by atoms with Crippen LogP contribution < -0.4 is 0 Å². The molecule has 1 N–H and O–H groups in total. The summed E-state index contributed by atoms with van der Waals surface area (Å²) in [5.74, 6) is -0.0452. The van der Waals surface area contributed by atoms with E-state index in [1.54, 1.807) is 4.90 Å². The summed E-state index contributed by atoms with van der Waals surface area (Å²) in [6.07, 6.45) is 6.29. The molecule has 21 heavy (non-hydrogen) atoms. The van der Waals surface area contributed by atoms with Crippen LogP contribution in [0.15, 0.2) is 0 Å². The van der Waals surface area contributed by atoms with E-state index < -0.39 is 5.97 Å². The third-order valence-electron chi connectivity index (χ3n) is 4.64. The van der Waals surface area contributed by atoms with E-state index in [-0.39, 0.29) is 24.3 Å². The maximum Gasteiger partial charge on any atom is 0.305 e. The SMILES string of the molecule is C[C@@H]1CCC[C@@H](C(=O)N(CCC(=O)O)C[C@@H]2CCCO2)C1. The van der Waals surface area contributed by atoms with Crippen LogP contribution in [0.3, 0.4) is 0 Å². The van der Waals surface area contributed by atoms with E-state index in [0.29, 0.717) is 19.0 Å². The molecule has 1 aliphatic heterocycles. The minimum atomic E-state index is -0.850. The molecule has 1 amide bonds. The van der Waals surface area contributed by atoms with Gasteiger partial charge in [0.2, 0.25) is 5.91 Å². The number of carboxylic acids is 1. The third kappa shape index (κ3) is 4.99. The molecule has 2 rings (SSSR count). The highest BCUT2D eigenvalue weighted by atomic mass is 16.5. The molecule has 5 heteroatoms. The van der Waals surface area contributed by atoms with Crippen molar-refractivity contribution in [1.29, 1.82) is 0 Å². The summed E-state index contributed by atoms with van der Waals surface area (Å²) >= 11 is 0. The van der Waals surface area contributed by atoms with Crippen LogP contribution in [-0.4, -0.2) is 47.7 Å². The molecule has 3 atom stereocenters. The van der Waals surface area contributed by atoms with E-state index in [9.17, 15) is 9.59 Å². The Balaban J connectivity index is 1.94. The summed E-state index contributed by atoms with van der Waals surface area (Å²) in [4.78, 5) is 25.3. The molecule has 1 saturated carbocycles. The second-order valence-electron chi connectivity index (χ2n) is 6.53. The number of carbonyl (C=O) groups is 2. The van der Waals surface area contributed by atoms with Gasteiger partial charge in [-0.2, -0.15) is 0 Å². The highest BCUT2D eigenvalue weighted by Gasteiger charge is 2.30. The van der Waals surface area contributed by atoms with Gasteiger partial charge in [0, 0.05) is 25.6 Å². The molecule has 0 spiro atoms. The van der Waals surface area contributed by atoms with Crippen molar-refractivity contribution < 1.29 is 19.4 Å². The van der Waals surface area contributed by atoms with Crippen molar-refractivity contribution in [2.75, 3.05) is 19.7 Å². The fraction of sp³-hybridized carbons (Fsp3) is 0.875. The van der Waals surface area contributed by atoms with Gasteiger partial charge in [-0.05, 0) is 31.6 Å². The van der Waals surface area contributed by atoms with Gasteiger partial charge in [0.25, 0.3) is 0 Å². The van der Waals surface area contributed by atoms with Gasteiger partial charge in [-0.25, -0.2) is 0 Å². The van der Waals surface area contributed by atoms with E-state index in [4.69, 9.17) is 9.84 Å². The van der Waals surface area contributed by atoms with Crippen LogP contribution in [0.4, 0.5) is 0 Å². The van der Waals surface area contributed by atoms with Gasteiger partial charge in [-0.15, -0.1) is 0 Å². The molecule has 1 aliphatic carbocycles. The number of carbonyl (C=O) groups excluding carboxylic acids is 1. The maximum atomic E-state index is 12.7. The highest BCUT2D eigenvalue weighted by molar-refractivity contribution is 5.79. The van der Waals surface area contributed by atoms with E-state index in [1.165, 1.54) is 6.42 Å². The van der Waals surface area contributed by atoms with Crippen molar-refractivity contribution in [2.45, 2.75) is 58.0 Å².